The van der Waals surface area contributed by atoms with Crippen LogP contribution in [0.1, 0.15) is 38.5 Å². The van der Waals surface area contributed by atoms with Crippen molar-refractivity contribution < 1.29 is 17.8 Å². The van der Waals surface area contributed by atoms with E-state index in [9.17, 15) is 18.5 Å². The average Bonchev–Trinajstić information content (AvgIpc) is 3.04. The second kappa shape index (κ2) is 7.12. The summed E-state index contributed by atoms with van der Waals surface area (Å²) in [5.41, 5.74) is 2.20. The Morgan fingerprint density at radius 1 is 1.17 bits per heavy atom. The summed E-state index contributed by atoms with van der Waals surface area (Å²) in [6, 6.07) is 10.2. The molecule has 1 aliphatic rings. The third kappa shape index (κ3) is 3.79. The molecular weight excluding hydrogens is 404 g/mol. The maximum absolute atomic E-state index is 12.8. The van der Waals surface area contributed by atoms with Gasteiger partial charge in [-0.25, -0.2) is 8.42 Å². The number of nitro benzene ring substituents is 1. The predicted octanol–water partition coefficient (Wildman–Crippen LogP) is 5.29. The molecule has 0 fully saturated rings. The highest BCUT2D eigenvalue weighted by Crippen LogP contribution is 2.41. The summed E-state index contributed by atoms with van der Waals surface area (Å²) in [5, 5.41) is 11.9. The predicted molar refractivity (Wildman–Crippen MR) is 115 cm³/mol. The summed E-state index contributed by atoms with van der Waals surface area (Å²) in [4.78, 5) is 10.2. The largest absolute Gasteiger partial charge is 0.461 e. The minimum Gasteiger partial charge on any atom is -0.461 e. The zero-order valence-electron chi connectivity index (χ0n) is 17.1. The molecule has 0 amide bonds. The van der Waals surface area contributed by atoms with E-state index >= 15 is 0 Å². The molecule has 1 atom stereocenters. The van der Waals surface area contributed by atoms with E-state index in [4.69, 9.17) is 4.42 Å². The minimum absolute atomic E-state index is 0.154. The number of benzene rings is 2. The molecule has 4 rings (SSSR count). The van der Waals surface area contributed by atoms with Crippen LogP contribution >= 0.6 is 0 Å². The van der Waals surface area contributed by atoms with E-state index in [1.807, 2.05) is 0 Å². The lowest BCUT2D eigenvalue weighted by atomic mass is 9.71. The number of nitrogens with one attached hydrogen (secondary N) is 1. The number of non-ortho nitro benzene ring substituents is 1. The number of nitrogens with zero attached hydrogens (tertiary/aromatic N) is 1. The molecule has 158 valence electrons. The van der Waals surface area contributed by atoms with Crippen molar-refractivity contribution in [3.63, 3.8) is 0 Å². The van der Waals surface area contributed by atoms with E-state index in [2.05, 4.69) is 25.5 Å². The molecule has 0 radical (unpaired) electrons. The Balaban J connectivity index is 1.68. The number of hydrogen-bond donors (Lipinski definition) is 1. The van der Waals surface area contributed by atoms with Crippen LogP contribution in [0.3, 0.4) is 0 Å². The molecule has 0 aliphatic heterocycles. The number of aryl methyl sites for hydroxylation is 1. The molecule has 1 heterocycles. The van der Waals surface area contributed by atoms with Crippen molar-refractivity contribution in [2.75, 3.05) is 4.72 Å². The molecule has 0 bridgehead atoms. The fraction of sp³-hybridized carbons (Fsp3) is 0.364. The number of fused-ring (bicyclic) bond motifs is 3. The van der Waals surface area contributed by atoms with E-state index < -0.39 is 14.9 Å². The highest BCUT2D eigenvalue weighted by molar-refractivity contribution is 7.92. The van der Waals surface area contributed by atoms with Crippen LogP contribution in [-0.4, -0.2) is 13.3 Å². The van der Waals surface area contributed by atoms with Gasteiger partial charge in [-0.15, -0.1) is 0 Å². The Morgan fingerprint density at radius 2 is 1.93 bits per heavy atom. The number of rotatable bonds is 4. The SMILES string of the molecule is CC(C)(C)[C@@H]1CCc2oc3ccc(NS(=O)(=O)c4cccc([N+](=O)[O-])c4)cc3c2C1. The summed E-state index contributed by atoms with van der Waals surface area (Å²) >= 11 is 0. The van der Waals surface area contributed by atoms with Gasteiger partial charge in [-0.05, 0) is 48.4 Å². The number of sulfonamides is 1. The van der Waals surface area contributed by atoms with Gasteiger partial charge in [0.05, 0.1) is 9.82 Å². The molecule has 2 aromatic carbocycles. The Labute approximate surface area is 175 Å². The van der Waals surface area contributed by atoms with Crippen molar-refractivity contribution in [1.82, 2.24) is 0 Å². The highest BCUT2D eigenvalue weighted by atomic mass is 32.2. The van der Waals surface area contributed by atoms with Crippen molar-refractivity contribution in [2.24, 2.45) is 11.3 Å². The Bertz CT molecular complexity index is 1240. The summed E-state index contributed by atoms with van der Waals surface area (Å²) in [7, 11) is -3.96. The first-order chi connectivity index (χ1) is 14.0. The van der Waals surface area contributed by atoms with Crippen LogP contribution in [0.5, 0.6) is 0 Å². The standard InChI is InChI=1S/C22H24N2O5S/c1-22(2,3)14-7-9-20-18(11-14)19-12-15(8-10-21(19)29-20)23-30(27,28)17-6-4-5-16(13-17)24(25)26/h4-6,8,10,12-14,23H,7,9,11H2,1-3H3/t14-/m1/s1. The van der Waals surface area contributed by atoms with Crippen LogP contribution in [0, 0.1) is 21.4 Å². The van der Waals surface area contributed by atoms with Crippen LogP contribution in [0.4, 0.5) is 11.4 Å². The van der Waals surface area contributed by atoms with E-state index in [1.54, 1.807) is 18.2 Å². The Hall–Kier alpha value is -2.87. The first-order valence-corrected chi connectivity index (χ1v) is 11.3. The van der Waals surface area contributed by atoms with Crippen LogP contribution in [0.15, 0.2) is 51.8 Å². The number of anilines is 1. The van der Waals surface area contributed by atoms with Crippen LogP contribution in [-0.2, 0) is 22.9 Å². The van der Waals surface area contributed by atoms with Crippen LogP contribution < -0.4 is 4.72 Å². The molecule has 0 unspecified atom stereocenters. The van der Waals surface area contributed by atoms with Gasteiger partial charge in [0.1, 0.15) is 11.3 Å². The maximum atomic E-state index is 12.8. The van der Waals surface area contributed by atoms with Gasteiger partial charge in [-0.1, -0.05) is 26.8 Å². The zero-order valence-corrected chi connectivity index (χ0v) is 18.0. The van der Waals surface area contributed by atoms with Crippen molar-refractivity contribution in [1.29, 1.82) is 0 Å². The monoisotopic (exact) mass is 428 g/mol. The van der Waals surface area contributed by atoms with Gasteiger partial charge >= 0.3 is 0 Å². The van der Waals surface area contributed by atoms with E-state index in [0.29, 0.717) is 11.6 Å². The number of nitro groups is 1. The van der Waals surface area contributed by atoms with Crippen LogP contribution in [0.25, 0.3) is 11.0 Å². The molecule has 0 saturated carbocycles. The molecule has 30 heavy (non-hydrogen) atoms. The fourth-order valence-corrected chi connectivity index (χ4v) is 5.15. The van der Waals surface area contributed by atoms with Crippen molar-refractivity contribution in [3.8, 4) is 0 Å². The lowest BCUT2D eigenvalue weighted by Gasteiger charge is -2.33. The molecule has 0 saturated heterocycles. The lowest BCUT2D eigenvalue weighted by Crippen LogP contribution is -2.26. The third-order valence-electron chi connectivity index (χ3n) is 5.86. The number of furan rings is 1. The third-order valence-corrected chi connectivity index (χ3v) is 7.24. The van der Waals surface area contributed by atoms with E-state index in [1.165, 1.54) is 18.2 Å². The summed E-state index contributed by atoms with van der Waals surface area (Å²) in [5.74, 6) is 1.50. The van der Waals surface area contributed by atoms with Crippen LogP contribution in [0.2, 0.25) is 0 Å². The smallest absolute Gasteiger partial charge is 0.270 e. The van der Waals surface area contributed by atoms with Gasteiger partial charge in [0.25, 0.3) is 15.7 Å². The van der Waals surface area contributed by atoms with E-state index in [-0.39, 0.29) is 16.0 Å². The van der Waals surface area contributed by atoms with Gasteiger partial charge in [-0.2, -0.15) is 0 Å². The molecule has 1 aliphatic carbocycles. The Morgan fingerprint density at radius 3 is 2.63 bits per heavy atom. The molecule has 7 nitrogen and oxygen atoms in total. The highest BCUT2D eigenvalue weighted by Gasteiger charge is 2.31. The lowest BCUT2D eigenvalue weighted by molar-refractivity contribution is -0.385. The van der Waals surface area contributed by atoms with Gasteiger partial charge < -0.3 is 4.42 Å². The average molecular weight is 429 g/mol. The molecular formula is C22H24N2O5S. The van der Waals surface area contributed by atoms with Crippen molar-refractivity contribution >= 4 is 32.4 Å². The topological polar surface area (TPSA) is 102 Å². The maximum Gasteiger partial charge on any atom is 0.270 e. The second-order valence-electron chi connectivity index (χ2n) is 8.88. The van der Waals surface area contributed by atoms with Gasteiger partial charge in [0.15, 0.2) is 0 Å². The first kappa shape index (κ1) is 20.4. The summed E-state index contributed by atoms with van der Waals surface area (Å²) in [6.45, 7) is 6.72. The fourth-order valence-electron chi connectivity index (χ4n) is 4.06. The first-order valence-electron chi connectivity index (χ1n) is 9.86. The van der Waals surface area contributed by atoms with Gasteiger partial charge in [-0.3, -0.25) is 14.8 Å². The minimum atomic E-state index is -3.96. The molecule has 8 heteroatoms. The molecule has 1 N–H and O–H groups in total. The quantitative estimate of drug-likeness (QED) is 0.449. The molecule has 0 spiro atoms. The number of hydrogen-bond acceptors (Lipinski definition) is 5. The summed E-state index contributed by atoms with van der Waals surface area (Å²) in [6.07, 6.45) is 2.84. The second-order valence-corrected chi connectivity index (χ2v) is 10.6. The van der Waals surface area contributed by atoms with Gasteiger partial charge in [0.2, 0.25) is 0 Å². The van der Waals surface area contributed by atoms with E-state index in [0.717, 1.165) is 47.6 Å². The van der Waals surface area contributed by atoms with Gasteiger partial charge in [0, 0.05) is 35.2 Å². The van der Waals surface area contributed by atoms with Crippen molar-refractivity contribution in [2.45, 2.75) is 44.9 Å². The summed E-state index contributed by atoms with van der Waals surface area (Å²) < 4.78 is 34.1. The zero-order chi connectivity index (χ0) is 21.7. The molecule has 1 aromatic heterocycles. The normalized spacial score (nSPS) is 17.0. The van der Waals surface area contributed by atoms with Crippen molar-refractivity contribution in [3.05, 3.63) is 63.9 Å². The molecule has 3 aromatic rings. The Kier molecular flexibility index (Phi) is 4.85.